The van der Waals surface area contributed by atoms with Crippen molar-refractivity contribution in [2.24, 2.45) is 5.92 Å². The Labute approximate surface area is 267 Å². The van der Waals surface area contributed by atoms with Gasteiger partial charge in [0.2, 0.25) is 11.8 Å². The molecule has 1 aliphatic carbocycles. The van der Waals surface area contributed by atoms with E-state index in [0.29, 0.717) is 23.8 Å². The van der Waals surface area contributed by atoms with Crippen LogP contribution in [0.4, 0.5) is 5.69 Å². The molecule has 1 saturated carbocycles. The number of carboxylic acid groups (broad SMARTS) is 1. The third kappa shape index (κ3) is 6.41. The Morgan fingerprint density at radius 3 is 2.89 bits per heavy atom. The second-order valence-corrected chi connectivity index (χ2v) is 13.6. The zero-order chi connectivity index (χ0) is 30.8. The Morgan fingerprint density at radius 1 is 1.20 bits per heavy atom. The molecule has 3 aromatic rings. The average Bonchev–Trinajstić information content (AvgIpc) is 3.32. The number of benzene rings is 2. The Bertz CT molecular complexity index is 1600. The number of carboxylic acids is 1. The summed E-state index contributed by atoms with van der Waals surface area (Å²) in [5.74, 6) is -1.38. The number of halogens is 1. The number of fused-ring (bicyclic) bond motifs is 3. The fourth-order valence-electron chi connectivity index (χ4n) is 6.13. The number of anilines is 1. The van der Waals surface area contributed by atoms with Crippen LogP contribution in [-0.2, 0) is 14.4 Å². The molecule has 44 heavy (non-hydrogen) atoms. The molecule has 2 aliphatic heterocycles. The first-order chi connectivity index (χ1) is 21.3. The van der Waals surface area contributed by atoms with Crippen molar-refractivity contribution in [3.8, 4) is 10.9 Å². The van der Waals surface area contributed by atoms with E-state index in [1.54, 1.807) is 12.0 Å². The van der Waals surface area contributed by atoms with Crippen LogP contribution >= 0.6 is 27.3 Å². The molecule has 3 heterocycles. The quantitative estimate of drug-likeness (QED) is 0.296. The van der Waals surface area contributed by atoms with Crippen LogP contribution in [0.15, 0.2) is 59.1 Å². The second-order valence-electron chi connectivity index (χ2n) is 11.6. The number of thiazole rings is 1. The number of carbonyl (C=O) groups is 3. The minimum absolute atomic E-state index is 0.177. The maximum Gasteiger partial charge on any atom is 0.330 e. The number of aromatic nitrogens is 1. The number of carbonyl (C=O) groups excluding carboxylic acids is 2. The van der Waals surface area contributed by atoms with Crippen molar-refractivity contribution in [3.05, 3.63) is 59.1 Å². The fraction of sp³-hybridized carbons (Fsp3) is 0.438. The molecule has 10 nitrogen and oxygen atoms in total. The molecule has 0 unspecified atom stereocenters. The summed E-state index contributed by atoms with van der Waals surface area (Å²) in [6, 6.07) is 11.7. The third-order valence-corrected chi connectivity index (χ3v) is 10.0. The first kappa shape index (κ1) is 30.4. The van der Waals surface area contributed by atoms with Crippen molar-refractivity contribution in [1.29, 1.82) is 0 Å². The predicted octanol–water partition coefficient (Wildman–Crippen LogP) is 5.38. The summed E-state index contributed by atoms with van der Waals surface area (Å²) < 4.78 is 13.6. The molecule has 0 spiro atoms. The largest absolute Gasteiger partial charge is 0.497 e. The molecule has 232 valence electrons. The van der Waals surface area contributed by atoms with E-state index in [1.807, 2.05) is 54.6 Å². The molecule has 5 atom stereocenters. The number of rotatable bonds is 6. The van der Waals surface area contributed by atoms with Crippen molar-refractivity contribution < 1.29 is 29.0 Å². The highest BCUT2D eigenvalue weighted by Gasteiger charge is 2.61. The van der Waals surface area contributed by atoms with Gasteiger partial charge >= 0.3 is 5.97 Å². The standard InChI is InChI=1S/C32H35BrN4O6S/c1-42-22-10-7-9-21(15-22)34-25-11-6-4-2-3-5-8-19-17-32(19,30(40)41)36-28(38)26-16-23(18-37(26)29(25)39)43-31-35-24-13-12-20(33)14-27(24)44-31/h5,7-10,12-15,19,23,25-26,34H,2-4,6,11,16-18H2,1H3,(H,36,38)(H,40,41)/b8-5-/t19-,23+,25-,26-,32+/m0/s1. The van der Waals surface area contributed by atoms with E-state index in [2.05, 4.69) is 31.5 Å². The van der Waals surface area contributed by atoms with Gasteiger partial charge in [0.05, 0.1) is 23.9 Å². The van der Waals surface area contributed by atoms with Crippen molar-refractivity contribution in [1.82, 2.24) is 15.2 Å². The van der Waals surface area contributed by atoms with Gasteiger partial charge in [0.15, 0.2) is 0 Å². The van der Waals surface area contributed by atoms with Gasteiger partial charge in [0, 0.05) is 28.6 Å². The first-order valence-electron chi connectivity index (χ1n) is 14.9. The van der Waals surface area contributed by atoms with Crippen LogP contribution in [-0.4, -0.2) is 70.2 Å². The second kappa shape index (κ2) is 12.8. The molecular formula is C32H35BrN4O6S. The maximum atomic E-state index is 14.3. The topological polar surface area (TPSA) is 130 Å². The number of ether oxygens (including phenoxy) is 2. The SMILES string of the molecule is COc1cccc(N[C@H]2CCCCC/C=C\[C@H]3C[C@@]3(C(=O)O)NC(=O)[C@@H]3C[C@@H](Oc4nc5ccc(Br)cc5s4)CN3C2=O)c1. The zero-order valence-electron chi connectivity index (χ0n) is 24.3. The number of amides is 2. The van der Waals surface area contributed by atoms with Crippen LogP contribution in [0.5, 0.6) is 10.9 Å². The Balaban J connectivity index is 1.29. The number of hydrogen-bond donors (Lipinski definition) is 3. The molecule has 1 aromatic heterocycles. The lowest BCUT2D eigenvalue weighted by molar-refractivity contribution is -0.145. The molecule has 2 fully saturated rings. The van der Waals surface area contributed by atoms with Crippen molar-refractivity contribution >= 4 is 61.0 Å². The number of hydrogen-bond acceptors (Lipinski definition) is 8. The van der Waals surface area contributed by atoms with E-state index in [1.165, 1.54) is 11.3 Å². The molecular weight excluding hydrogens is 648 g/mol. The van der Waals surface area contributed by atoms with Gasteiger partial charge in [-0.05, 0) is 56.0 Å². The Hall–Kier alpha value is -3.64. The summed E-state index contributed by atoms with van der Waals surface area (Å²) in [5, 5.41) is 16.8. The molecule has 2 aromatic carbocycles. The van der Waals surface area contributed by atoms with E-state index in [-0.39, 0.29) is 24.8 Å². The molecule has 0 radical (unpaired) electrons. The van der Waals surface area contributed by atoms with Crippen LogP contribution in [0.2, 0.25) is 0 Å². The highest BCUT2D eigenvalue weighted by molar-refractivity contribution is 9.10. The van der Waals surface area contributed by atoms with Crippen LogP contribution in [0.25, 0.3) is 10.2 Å². The highest BCUT2D eigenvalue weighted by atomic mass is 79.9. The van der Waals surface area contributed by atoms with Gasteiger partial charge < -0.3 is 30.1 Å². The Morgan fingerprint density at radius 2 is 2.07 bits per heavy atom. The molecule has 3 N–H and O–H groups in total. The lowest BCUT2D eigenvalue weighted by Gasteiger charge is -2.30. The minimum atomic E-state index is -1.36. The van der Waals surface area contributed by atoms with E-state index in [4.69, 9.17) is 9.47 Å². The Kier molecular flexibility index (Phi) is 8.82. The van der Waals surface area contributed by atoms with Crippen LogP contribution in [0.3, 0.4) is 0 Å². The lowest BCUT2D eigenvalue weighted by Crippen LogP contribution is -2.55. The molecule has 12 heteroatoms. The molecule has 6 rings (SSSR count). The number of nitrogens with zero attached hydrogens (tertiary/aromatic N) is 2. The normalized spacial score (nSPS) is 28.2. The van der Waals surface area contributed by atoms with Gasteiger partial charge in [-0.25, -0.2) is 9.78 Å². The lowest BCUT2D eigenvalue weighted by atomic mass is 10.0. The van der Waals surface area contributed by atoms with Gasteiger partial charge in [0.25, 0.3) is 5.19 Å². The van der Waals surface area contributed by atoms with Crippen LogP contribution in [0.1, 0.15) is 44.9 Å². The maximum absolute atomic E-state index is 14.3. The zero-order valence-corrected chi connectivity index (χ0v) is 26.7. The summed E-state index contributed by atoms with van der Waals surface area (Å²) in [7, 11) is 1.59. The number of nitrogens with one attached hydrogen (secondary N) is 2. The van der Waals surface area contributed by atoms with E-state index < -0.39 is 35.6 Å². The van der Waals surface area contributed by atoms with Gasteiger partial charge in [0.1, 0.15) is 29.5 Å². The number of methoxy groups -OCH3 is 1. The van der Waals surface area contributed by atoms with Gasteiger partial charge in [-0.1, -0.05) is 58.3 Å². The van der Waals surface area contributed by atoms with Crippen molar-refractivity contribution in [2.75, 3.05) is 19.0 Å². The monoisotopic (exact) mass is 682 g/mol. The van der Waals surface area contributed by atoms with E-state index in [0.717, 1.165) is 46.1 Å². The van der Waals surface area contributed by atoms with E-state index in [9.17, 15) is 19.5 Å². The van der Waals surface area contributed by atoms with Crippen molar-refractivity contribution in [2.45, 2.75) is 68.7 Å². The molecule has 2 amide bonds. The minimum Gasteiger partial charge on any atom is -0.497 e. The van der Waals surface area contributed by atoms with Crippen LogP contribution < -0.4 is 20.1 Å². The molecule has 3 aliphatic rings. The van der Waals surface area contributed by atoms with Gasteiger partial charge in [-0.2, -0.15) is 0 Å². The number of allylic oxidation sites excluding steroid dienone is 1. The van der Waals surface area contributed by atoms with Crippen molar-refractivity contribution in [3.63, 3.8) is 0 Å². The highest BCUT2D eigenvalue weighted by Crippen LogP contribution is 2.45. The summed E-state index contributed by atoms with van der Waals surface area (Å²) in [6.45, 7) is 0.177. The number of aliphatic carboxylic acids is 1. The van der Waals surface area contributed by atoms with Crippen LogP contribution in [0, 0.1) is 5.92 Å². The summed E-state index contributed by atoms with van der Waals surface area (Å²) >= 11 is 4.89. The fourth-order valence-corrected chi connectivity index (χ4v) is 7.56. The average molecular weight is 684 g/mol. The predicted molar refractivity (Wildman–Crippen MR) is 171 cm³/mol. The summed E-state index contributed by atoms with van der Waals surface area (Å²) in [4.78, 5) is 46.7. The molecule has 1 saturated heterocycles. The summed E-state index contributed by atoms with van der Waals surface area (Å²) in [5.41, 5.74) is 0.177. The molecule has 0 bridgehead atoms. The smallest absolute Gasteiger partial charge is 0.330 e. The summed E-state index contributed by atoms with van der Waals surface area (Å²) in [6.07, 6.45) is 8.03. The van der Waals surface area contributed by atoms with Gasteiger partial charge in [-0.15, -0.1) is 0 Å². The van der Waals surface area contributed by atoms with Gasteiger partial charge in [-0.3, -0.25) is 9.59 Å². The third-order valence-electron chi connectivity index (χ3n) is 8.63. The van der Waals surface area contributed by atoms with E-state index >= 15 is 0 Å². The first-order valence-corrected chi connectivity index (χ1v) is 16.5.